The Morgan fingerprint density at radius 1 is 1.21 bits per heavy atom. The van der Waals surface area contributed by atoms with Gasteiger partial charge >= 0.3 is 6.09 Å². The van der Waals surface area contributed by atoms with Crippen molar-refractivity contribution >= 4 is 23.5 Å². The molecule has 3 N–H and O–H groups in total. The molecule has 0 aromatic heterocycles. The van der Waals surface area contributed by atoms with Crippen molar-refractivity contribution in [3.8, 4) is 5.75 Å². The predicted molar refractivity (Wildman–Crippen MR) is 111 cm³/mol. The monoisotopic (exact) mass is 395 g/mol. The minimum absolute atomic E-state index is 0.0920. The van der Waals surface area contributed by atoms with Gasteiger partial charge in [-0.15, -0.1) is 0 Å². The number of benzene rings is 2. The smallest absolute Gasteiger partial charge is 0.409 e. The summed E-state index contributed by atoms with van der Waals surface area (Å²) in [5, 5.41) is 14.5. The van der Waals surface area contributed by atoms with Crippen LogP contribution >= 0.6 is 0 Å². The number of hydrogen-bond donors (Lipinski definition) is 3. The second-order valence-electron chi connectivity index (χ2n) is 7.31. The number of aryl methyl sites for hydroxylation is 1. The summed E-state index contributed by atoms with van der Waals surface area (Å²) in [4.78, 5) is 15.3. The van der Waals surface area contributed by atoms with E-state index in [1.807, 2.05) is 12.1 Å². The van der Waals surface area contributed by atoms with Crippen LogP contribution in [-0.4, -0.2) is 24.3 Å². The van der Waals surface area contributed by atoms with Crippen LogP contribution in [0.1, 0.15) is 48.4 Å². The fraction of sp³-hybridized carbons (Fsp3) is 0.364. The molecule has 1 heterocycles. The number of anilines is 1. The molecule has 0 bridgehead atoms. The predicted octanol–water partition coefficient (Wildman–Crippen LogP) is 4.75. The molecule has 29 heavy (non-hydrogen) atoms. The van der Waals surface area contributed by atoms with Crippen LogP contribution < -0.4 is 15.4 Å². The van der Waals surface area contributed by atoms with Gasteiger partial charge in [-0.25, -0.2) is 4.79 Å². The fourth-order valence-electron chi connectivity index (χ4n) is 3.49. The van der Waals surface area contributed by atoms with Crippen LogP contribution in [0.5, 0.6) is 5.75 Å². The molecule has 3 aliphatic rings. The summed E-state index contributed by atoms with van der Waals surface area (Å²) in [6.45, 7) is 0.335. The van der Waals surface area contributed by atoms with E-state index in [0.29, 0.717) is 18.3 Å². The number of aliphatic imine (C=N–C) groups is 1. The number of methoxy groups -OCH3 is 1. The number of carbonyl (C=O) groups is 1. The molecule has 2 aromatic carbocycles. The standard InChI is InChI=1S/C19H19N3O4.C3H6/c1-25-16-4-2-3-11-5-7-15(17(11)16)22-18-21-14-8-6-13(20-19(23)24)9-12(14)10-26-18;1-2-3-1/h2-4,6,8-9,15,20H,5,7,10H2,1H3,(H,21,22)(H,23,24);1-3H2. The number of hydrogen-bond acceptors (Lipinski definition) is 5. The molecule has 1 amide bonds. The molecule has 1 atom stereocenters. The fourth-order valence-corrected chi connectivity index (χ4v) is 3.49. The quantitative estimate of drug-likeness (QED) is 0.697. The minimum atomic E-state index is -1.10. The van der Waals surface area contributed by atoms with E-state index in [2.05, 4.69) is 21.7 Å². The van der Waals surface area contributed by atoms with Crippen molar-refractivity contribution < 1.29 is 19.4 Å². The lowest BCUT2D eigenvalue weighted by Gasteiger charge is -2.22. The van der Waals surface area contributed by atoms with Crippen molar-refractivity contribution in [1.29, 1.82) is 0 Å². The first-order chi connectivity index (χ1) is 14.1. The Hall–Kier alpha value is -3.22. The normalized spacial score (nSPS) is 18.1. The number of carboxylic acid groups (broad SMARTS) is 1. The first kappa shape index (κ1) is 19.1. The molecule has 2 aromatic rings. The van der Waals surface area contributed by atoms with Gasteiger partial charge in [0, 0.05) is 16.8 Å². The maximum atomic E-state index is 10.7. The second-order valence-corrected chi connectivity index (χ2v) is 7.31. The second kappa shape index (κ2) is 8.43. The lowest BCUT2D eigenvalue weighted by molar-refractivity contribution is 0.209. The van der Waals surface area contributed by atoms with E-state index < -0.39 is 6.09 Å². The average molecular weight is 395 g/mol. The largest absolute Gasteiger partial charge is 0.496 e. The Balaban J connectivity index is 0.000000626. The molecule has 0 radical (unpaired) electrons. The number of nitrogens with one attached hydrogen (secondary N) is 2. The third-order valence-corrected chi connectivity index (χ3v) is 5.00. The van der Waals surface area contributed by atoms with Crippen molar-refractivity contribution in [2.24, 2.45) is 4.99 Å². The van der Waals surface area contributed by atoms with E-state index in [1.54, 1.807) is 25.3 Å². The average Bonchev–Trinajstić information content (AvgIpc) is 3.55. The first-order valence-corrected chi connectivity index (χ1v) is 9.90. The van der Waals surface area contributed by atoms with Gasteiger partial charge in [0.15, 0.2) is 0 Å². The summed E-state index contributed by atoms with van der Waals surface area (Å²) >= 11 is 0. The lowest BCUT2D eigenvalue weighted by Crippen LogP contribution is -2.30. The third kappa shape index (κ3) is 4.62. The van der Waals surface area contributed by atoms with E-state index >= 15 is 0 Å². The number of amides is 1. The van der Waals surface area contributed by atoms with Crippen LogP contribution in [0.4, 0.5) is 16.2 Å². The Bertz CT molecular complexity index is 937. The highest BCUT2D eigenvalue weighted by Crippen LogP contribution is 2.38. The van der Waals surface area contributed by atoms with Crippen LogP contribution in [0, 0.1) is 0 Å². The van der Waals surface area contributed by atoms with E-state index in [1.165, 1.54) is 24.8 Å². The summed E-state index contributed by atoms with van der Waals surface area (Å²) in [6, 6.07) is 11.9. The first-order valence-electron chi connectivity index (χ1n) is 9.90. The topological polar surface area (TPSA) is 92.2 Å². The Morgan fingerprint density at radius 3 is 2.76 bits per heavy atom. The molecular weight excluding hydrogens is 370 g/mol. The van der Waals surface area contributed by atoms with Crippen molar-refractivity contribution in [2.75, 3.05) is 12.4 Å². The summed E-state index contributed by atoms with van der Waals surface area (Å²) in [5.74, 6) is 0.874. The SMILES string of the molecule is C1CC1.COc1cccc2c1C(NC1=Nc3ccc(NC(=O)O)cc3CO1)CC2. The Kier molecular flexibility index (Phi) is 5.55. The van der Waals surface area contributed by atoms with Gasteiger partial charge < -0.3 is 19.9 Å². The lowest BCUT2D eigenvalue weighted by atomic mass is 10.1. The third-order valence-electron chi connectivity index (χ3n) is 5.00. The summed E-state index contributed by atoms with van der Waals surface area (Å²) in [5.41, 5.74) is 4.55. The van der Waals surface area contributed by atoms with Gasteiger partial charge in [-0.2, -0.15) is 4.99 Å². The zero-order valence-corrected chi connectivity index (χ0v) is 16.4. The van der Waals surface area contributed by atoms with Crippen molar-refractivity contribution in [2.45, 2.75) is 44.8 Å². The van der Waals surface area contributed by atoms with Crippen molar-refractivity contribution in [1.82, 2.24) is 5.32 Å². The molecule has 1 saturated carbocycles. The Labute approximate surface area is 169 Å². The van der Waals surface area contributed by atoms with Crippen LogP contribution in [0.25, 0.3) is 0 Å². The molecule has 7 nitrogen and oxygen atoms in total. The molecule has 1 fully saturated rings. The van der Waals surface area contributed by atoms with E-state index in [4.69, 9.17) is 14.6 Å². The van der Waals surface area contributed by atoms with Gasteiger partial charge in [-0.3, -0.25) is 5.32 Å². The van der Waals surface area contributed by atoms with Crippen LogP contribution in [0.15, 0.2) is 41.4 Å². The van der Waals surface area contributed by atoms with Gasteiger partial charge in [-0.05, 0) is 42.7 Å². The van der Waals surface area contributed by atoms with Crippen LogP contribution in [-0.2, 0) is 17.8 Å². The number of rotatable bonds is 3. The maximum absolute atomic E-state index is 10.7. The maximum Gasteiger partial charge on any atom is 0.409 e. The molecule has 1 unspecified atom stereocenters. The number of amidine groups is 1. The number of nitrogens with zero attached hydrogens (tertiary/aromatic N) is 1. The van der Waals surface area contributed by atoms with Gasteiger partial charge in [-0.1, -0.05) is 31.4 Å². The summed E-state index contributed by atoms with van der Waals surface area (Å²) in [6.07, 6.45) is 5.34. The zero-order chi connectivity index (χ0) is 20.2. The van der Waals surface area contributed by atoms with E-state index in [9.17, 15) is 4.79 Å². The van der Waals surface area contributed by atoms with Crippen molar-refractivity contribution in [3.05, 3.63) is 53.1 Å². The van der Waals surface area contributed by atoms with E-state index in [0.717, 1.165) is 35.4 Å². The van der Waals surface area contributed by atoms with Crippen LogP contribution in [0.2, 0.25) is 0 Å². The molecule has 1 aliphatic heterocycles. The highest BCUT2D eigenvalue weighted by atomic mass is 16.5. The molecule has 5 rings (SSSR count). The molecule has 7 heteroatoms. The van der Waals surface area contributed by atoms with Gasteiger partial charge in [0.05, 0.1) is 18.8 Å². The highest BCUT2D eigenvalue weighted by molar-refractivity contribution is 5.85. The molecule has 2 aliphatic carbocycles. The number of fused-ring (bicyclic) bond motifs is 2. The zero-order valence-electron chi connectivity index (χ0n) is 16.4. The minimum Gasteiger partial charge on any atom is -0.496 e. The number of ether oxygens (including phenoxy) is 2. The molecule has 0 saturated heterocycles. The van der Waals surface area contributed by atoms with Gasteiger partial charge in [0.2, 0.25) is 0 Å². The highest BCUT2D eigenvalue weighted by Gasteiger charge is 2.28. The van der Waals surface area contributed by atoms with E-state index in [-0.39, 0.29) is 6.04 Å². The van der Waals surface area contributed by atoms with Crippen molar-refractivity contribution in [3.63, 3.8) is 0 Å². The van der Waals surface area contributed by atoms with Gasteiger partial charge in [0.25, 0.3) is 6.02 Å². The Morgan fingerprint density at radius 2 is 2.03 bits per heavy atom. The van der Waals surface area contributed by atoms with Crippen LogP contribution in [0.3, 0.4) is 0 Å². The summed E-state index contributed by atoms with van der Waals surface area (Å²) in [7, 11) is 1.68. The molecule has 152 valence electrons. The molecule has 0 spiro atoms. The summed E-state index contributed by atoms with van der Waals surface area (Å²) < 4.78 is 11.2. The van der Waals surface area contributed by atoms with Gasteiger partial charge in [0.1, 0.15) is 12.4 Å². The molecular formula is C22H25N3O4.